The highest BCUT2D eigenvalue weighted by Crippen LogP contribution is 2.32. The molecule has 2 heterocycles. The maximum Gasteiger partial charge on any atom is 0.330 e. The summed E-state index contributed by atoms with van der Waals surface area (Å²) in [5.74, 6) is -0.442. The van der Waals surface area contributed by atoms with Gasteiger partial charge in [-0.1, -0.05) is 71.7 Å². The van der Waals surface area contributed by atoms with Crippen molar-refractivity contribution in [3.8, 4) is 28.1 Å². The van der Waals surface area contributed by atoms with Gasteiger partial charge in [0.15, 0.2) is 5.78 Å². The molecule has 0 atom stereocenters. The number of carbonyl (C=O) groups excluding carboxylic acids is 2. The van der Waals surface area contributed by atoms with E-state index in [1.807, 2.05) is 41.1 Å². The summed E-state index contributed by atoms with van der Waals surface area (Å²) in [6.45, 7) is 1.94. The van der Waals surface area contributed by atoms with Crippen molar-refractivity contribution in [2.45, 2.75) is 13.3 Å². The minimum atomic E-state index is -3.67. The number of aromatic nitrogens is 2. The molecule has 47 heavy (non-hydrogen) atoms. The highest BCUT2D eigenvalue weighted by Gasteiger charge is 2.34. The Morgan fingerprint density at radius 2 is 1.57 bits per heavy atom. The average Bonchev–Trinajstić information content (AvgIpc) is 3.59. The number of hydrogen-bond donors (Lipinski definition) is 0. The van der Waals surface area contributed by atoms with Crippen LogP contribution >= 0.6 is 23.2 Å². The first-order chi connectivity index (χ1) is 22.6. The van der Waals surface area contributed by atoms with E-state index >= 15 is 0 Å². The fourth-order valence-electron chi connectivity index (χ4n) is 5.35. The van der Waals surface area contributed by atoms with Crippen LogP contribution in [0.3, 0.4) is 0 Å². The van der Waals surface area contributed by atoms with Crippen molar-refractivity contribution < 1.29 is 22.7 Å². The lowest BCUT2D eigenvalue weighted by Gasteiger charge is -2.16. The molecular weight excluding hydrogens is 657 g/mol. The van der Waals surface area contributed by atoms with E-state index in [1.165, 1.54) is 6.08 Å². The number of Topliss-reactive ketones (excluding diaryl/α,β-unsaturated/α-hetero) is 1. The number of esters is 1. The monoisotopic (exact) mass is 685 g/mol. The molecule has 0 N–H and O–H groups in total. The van der Waals surface area contributed by atoms with Crippen molar-refractivity contribution >= 4 is 56.7 Å². The zero-order valence-electron chi connectivity index (χ0n) is 25.3. The highest BCUT2D eigenvalue weighted by molar-refractivity contribution is 7.94. The van der Waals surface area contributed by atoms with Crippen LogP contribution in [-0.2, 0) is 30.8 Å². The molecule has 1 aliphatic rings. The minimum Gasteiger partial charge on any atom is -0.463 e. The van der Waals surface area contributed by atoms with Crippen LogP contribution in [-0.4, -0.2) is 48.6 Å². The van der Waals surface area contributed by atoms with Crippen molar-refractivity contribution in [2.75, 3.05) is 23.2 Å². The first-order valence-corrected chi connectivity index (χ1v) is 17.2. The minimum absolute atomic E-state index is 0.163. The van der Waals surface area contributed by atoms with E-state index in [1.54, 1.807) is 49.4 Å². The summed E-state index contributed by atoms with van der Waals surface area (Å²) >= 11 is 12.7. The van der Waals surface area contributed by atoms with Crippen LogP contribution in [0.4, 0.5) is 5.69 Å². The summed E-state index contributed by atoms with van der Waals surface area (Å²) in [6.07, 6.45) is 5.53. The number of anilines is 1. The predicted molar refractivity (Wildman–Crippen MR) is 186 cm³/mol. The van der Waals surface area contributed by atoms with Gasteiger partial charge in [0.25, 0.3) is 0 Å². The zero-order chi connectivity index (χ0) is 33.1. The lowest BCUT2D eigenvalue weighted by molar-refractivity contribution is -0.137. The third-order valence-electron chi connectivity index (χ3n) is 7.66. The molecule has 238 valence electrons. The second-order valence-electron chi connectivity index (χ2n) is 10.9. The highest BCUT2D eigenvalue weighted by atomic mass is 35.5. The first-order valence-electron chi connectivity index (χ1n) is 14.8. The van der Waals surface area contributed by atoms with E-state index < -0.39 is 15.8 Å². The number of halogens is 2. The summed E-state index contributed by atoms with van der Waals surface area (Å²) in [4.78, 5) is 28.4. The van der Waals surface area contributed by atoms with Gasteiger partial charge in [-0.2, -0.15) is 0 Å². The summed E-state index contributed by atoms with van der Waals surface area (Å²) in [7, 11) is -3.67. The number of rotatable bonds is 9. The van der Waals surface area contributed by atoms with Gasteiger partial charge in [0.05, 0.1) is 29.6 Å². The molecule has 6 rings (SSSR count). The maximum atomic E-state index is 12.4. The topological polar surface area (TPSA) is 98.6 Å². The van der Waals surface area contributed by atoms with Crippen molar-refractivity contribution in [1.82, 2.24) is 9.55 Å². The Morgan fingerprint density at radius 1 is 0.915 bits per heavy atom. The van der Waals surface area contributed by atoms with Gasteiger partial charge in [-0.25, -0.2) is 18.2 Å². The molecule has 0 amide bonds. The summed E-state index contributed by atoms with van der Waals surface area (Å²) in [5, 5.41) is 0.993. The molecule has 0 saturated carbocycles. The number of hydrogen-bond acceptors (Lipinski definition) is 6. The number of imidazole rings is 1. The SMILES string of the molecule is CCOC(=O)/C=C/c1ccc(-c2ccc(Cc3nc(-c4ccc(Cl)cc4Cl)cn3-c3ccc(N4CC(=O)CS4(=O)=O)cc3)cc2)cc1. The van der Waals surface area contributed by atoms with Gasteiger partial charge in [0.1, 0.15) is 11.6 Å². The first kappa shape index (κ1) is 32.2. The lowest BCUT2D eigenvalue weighted by atomic mass is 10.0. The Labute approximate surface area is 282 Å². The molecule has 0 spiro atoms. The van der Waals surface area contributed by atoms with Gasteiger partial charge in [0.2, 0.25) is 10.0 Å². The van der Waals surface area contributed by atoms with Crippen molar-refractivity contribution in [3.05, 3.63) is 130 Å². The third-order valence-corrected chi connectivity index (χ3v) is 9.91. The molecule has 4 aromatic carbocycles. The van der Waals surface area contributed by atoms with Crippen LogP contribution < -0.4 is 4.31 Å². The van der Waals surface area contributed by atoms with E-state index in [4.69, 9.17) is 32.9 Å². The second-order valence-corrected chi connectivity index (χ2v) is 13.7. The van der Waals surface area contributed by atoms with Crippen LogP contribution in [0, 0.1) is 0 Å². The van der Waals surface area contributed by atoms with E-state index in [0.29, 0.717) is 34.5 Å². The van der Waals surface area contributed by atoms with Gasteiger partial charge in [-0.05, 0) is 77.7 Å². The summed E-state index contributed by atoms with van der Waals surface area (Å²) in [5.41, 5.74) is 6.58. The molecular formula is C36H29Cl2N3O5S. The predicted octanol–water partition coefficient (Wildman–Crippen LogP) is 7.40. The average molecular weight is 687 g/mol. The van der Waals surface area contributed by atoms with Crippen molar-refractivity contribution in [1.29, 1.82) is 0 Å². The normalized spacial score (nSPS) is 14.2. The molecule has 0 unspecified atom stereocenters. The molecule has 1 fully saturated rings. The Bertz CT molecular complexity index is 2090. The van der Waals surface area contributed by atoms with E-state index in [-0.39, 0.29) is 18.3 Å². The standard InChI is InChI=1S/C36H29Cl2N3O5S/c1-2-46-36(43)18-7-24-3-8-26(9-4-24)27-10-5-25(6-11-27)19-35-39-34(32-17-12-28(37)20-33(32)38)22-40(35)29-13-15-30(16-14-29)41-21-31(42)23-47(41,44)45/h3-18,20,22H,2,19,21,23H2,1H3/b18-7+. The number of ether oxygens (including phenoxy) is 1. The van der Waals surface area contributed by atoms with Gasteiger partial charge in [0, 0.05) is 35.0 Å². The van der Waals surface area contributed by atoms with Gasteiger partial charge < -0.3 is 9.30 Å². The van der Waals surface area contributed by atoms with Crippen LogP contribution in [0.2, 0.25) is 10.0 Å². The molecule has 11 heteroatoms. The number of benzene rings is 4. The molecule has 8 nitrogen and oxygen atoms in total. The van der Waals surface area contributed by atoms with Crippen molar-refractivity contribution in [3.63, 3.8) is 0 Å². The number of nitrogens with zero attached hydrogens (tertiary/aromatic N) is 3. The molecule has 1 saturated heterocycles. The Hall–Kier alpha value is -4.70. The lowest BCUT2D eigenvalue weighted by Crippen LogP contribution is -2.25. The maximum absolute atomic E-state index is 12.4. The fourth-order valence-corrected chi connectivity index (χ4v) is 7.29. The number of sulfonamides is 1. The number of ketones is 1. The Morgan fingerprint density at radius 3 is 2.19 bits per heavy atom. The Kier molecular flexibility index (Phi) is 9.31. The van der Waals surface area contributed by atoms with Gasteiger partial charge >= 0.3 is 5.97 Å². The zero-order valence-corrected chi connectivity index (χ0v) is 27.6. The second kappa shape index (κ2) is 13.6. The van der Waals surface area contributed by atoms with Gasteiger partial charge in [-0.15, -0.1) is 0 Å². The summed E-state index contributed by atoms with van der Waals surface area (Å²) in [6, 6.07) is 28.4. The molecule has 5 aromatic rings. The summed E-state index contributed by atoms with van der Waals surface area (Å²) < 4.78 is 32.9. The van der Waals surface area contributed by atoms with E-state index in [2.05, 4.69) is 24.3 Å². The van der Waals surface area contributed by atoms with Crippen LogP contribution in [0.5, 0.6) is 0 Å². The molecule has 0 bridgehead atoms. The van der Waals surface area contributed by atoms with Crippen LogP contribution in [0.15, 0.2) is 103 Å². The van der Waals surface area contributed by atoms with Crippen LogP contribution in [0.25, 0.3) is 34.1 Å². The molecule has 0 aliphatic carbocycles. The van der Waals surface area contributed by atoms with Crippen LogP contribution in [0.1, 0.15) is 23.9 Å². The van der Waals surface area contributed by atoms with Crippen molar-refractivity contribution in [2.24, 2.45) is 0 Å². The third kappa shape index (κ3) is 7.33. The van der Waals surface area contributed by atoms with E-state index in [9.17, 15) is 18.0 Å². The van der Waals surface area contributed by atoms with E-state index in [0.717, 1.165) is 43.6 Å². The largest absolute Gasteiger partial charge is 0.463 e. The molecule has 0 radical (unpaired) electrons. The smallest absolute Gasteiger partial charge is 0.330 e. The van der Waals surface area contributed by atoms with Gasteiger partial charge in [-0.3, -0.25) is 9.10 Å². The molecule has 1 aliphatic heterocycles. The Balaban J connectivity index is 1.27. The fraction of sp³-hybridized carbons (Fsp3) is 0.139. The quantitative estimate of drug-likeness (QED) is 0.118. The number of carbonyl (C=O) groups is 2. The molecule has 1 aromatic heterocycles.